The number of nitrogens with one attached hydrogen (secondary N) is 1. The first-order valence-corrected chi connectivity index (χ1v) is 16.2. The number of carbonyl (C=O) groups is 1. The normalized spacial score (nSPS) is 24.8. The van der Waals surface area contributed by atoms with Gasteiger partial charge in [0.2, 0.25) is 5.78 Å². The molecule has 1 aliphatic carbocycles. The first-order chi connectivity index (χ1) is 21.6. The highest BCUT2D eigenvalue weighted by Gasteiger charge is 2.46. The molecule has 1 saturated carbocycles. The van der Waals surface area contributed by atoms with Crippen LogP contribution < -0.4 is 20.7 Å². The van der Waals surface area contributed by atoms with Crippen molar-refractivity contribution in [2.45, 2.75) is 94.6 Å². The monoisotopic (exact) mass is 625 g/mol. The van der Waals surface area contributed by atoms with Crippen LogP contribution in [0.5, 0.6) is 6.01 Å². The molecule has 45 heavy (non-hydrogen) atoms. The van der Waals surface area contributed by atoms with Gasteiger partial charge in [-0.3, -0.25) is 9.69 Å². The zero-order chi connectivity index (χ0) is 31.1. The minimum absolute atomic E-state index is 0.0240. The summed E-state index contributed by atoms with van der Waals surface area (Å²) in [6.07, 6.45) is 4.18. The largest absolute Gasteiger partial charge is 0.461 e. The van der Waals surface area contributed by atoms with E-state index < -0.39 is 23.2 Å². The maximum atomic E-state index is 14.3. The van der Waals surface area contributed by atoms with Gasteiger partial charge in [0.25, 0.3) is 0 Å². The number of aromatic nitrogens is 5. The molecule has 4 aliphatic heterocycles. The van der Waals surface area contributed by atoms with E-state index >= 15 is 0 Å². The Balaban J connectivity index is 1.27. The standard InChI is InChI=1S/C31H38F3N9O2/c1-17-13-21(35)37-23(22(17)31(32,33)34)25(44)28-38-26-24(43(28)20-5-2-6-20)27(41-14-18-7-8-19(15-41)36-18)40-29(39-26)45-16-30-9-3-11-42(30)12-4-10-30/h13,18-20,36H,2-12,14-16H2,1H3,(H2,35,37). The van der Waals surface area contributed by atoms with Gasteiger partial charge >= 0.3 is 12.2 Å². The first-order valence-electron chi connectivity index (χ1n) is 16.2. The molecule has 3 aromatic heterocycles. The van der Waals surface area contributed by atoms with Crippen LogP contribution in [0.15, 0.2) is 6.07 Å². The number of nitrogen functional groups attached to an aromatic ring is 1. The zero-order valence-corrected chi connectivity index (χ0v) is 25.4. The third-order valence-corrected chi connectivity index (χ3v) is 10.7. The quantitative estimate of drug-likeness (QED) is 0.372. The van der Waals surface area contributed by atoms with Gasteiger partial charge in [-0.25, -0.2) is 9.97 Å². The number of anilines is 2. The van der Waals surface area contributed by atoms with E-state index in [4.69, 9.17) is 20.4 Å². The summed E-state index contributed by atoms with van der Waals surface area (Å²) < 4.78 is 51.0. The Morgan fingerprint density at radius 3 is 2.40 bits per heavy atom. The highest BCUT2D eigenvalue weighted by molar-refractivity contribution is 6.09. The Hall–Kier alpha value is -3.52. The summed E-state index contributed by atoms with van der Waals surface area (Å²) in [7, 11) is 0. The summed E-state index contributed by atoms with van der Waals surface area (Å²) in [5.74, 6) is -0.593. The molecule has 0 spiro atoms. The fourth-order valence-corrected chi connectivity index (χ4v) is 8.37. The Kier molecular flexibility index (Phi) is 6.75. The van der Waals surface area contributed by atoms with E-state index in [0.717, 1.165) is 76.9 Å². The highest BCUT2D eigenvalue weighted by Crippen LogP contribution is 2.42. The van der Waals surface area contributed by atoms with Gasteiger partial charge in [-0.2, -0.15) is 23.1 Å². The van der Waals surface area contributed by atoms with E-state index in [1.165, 1.54) is 6.92 Å². The SMILES string of the molecule is Cc1cc(N)nc(C(=O)c2nc3nc(OCC45CCCN4CCC5)nc(N4CC5CCC(C4)N5)c3n2C2CCC2)c1C(F)(F)F. The van der Waals surface area contributed by atoms with Crippen LogP contribution in [0.4, 0.5) is 24.8 Å². The van der Waals surface area contributed by atoms with Crippen LogP contribution in [0.1, 0.15) is 91.3 Å². The number of rotatable bonds is 7. The van der Waals surface area contributed by atoms with E-state index in [1.807, 2.05) is 0 Å². The molecule has 0 aromatic carbocycles. The van der Waals surface area contributed by atoms with E-state index in [-0.39, 0.29) is 40.4 Å². The van der Waals surface area contributed by atoms with Crippen molar-refractivity contribution < 1.29 is 22.7 Å². The molecule has 8 rings (SSSR count). The number of piperazine rings is 1. The second-order valence-electron chi connectivity index (χ2n) is 13.6. The summed E-state index contributed by atoms with van der Waals surface area (Å²) in [6.45, 7) is 5.30. The molecule has 5 fully saturated rings. The predicted molar refractivity (Wildman–Crippen MR) is 160 cm³/mol. The van der Waals surface area contributed by atoms with Crippen molar-refractivity contribution in [2.24, 2.45) is 0 Å². The molecule has 11 nitrogen and oxygen atoms in total. The number of nitrogens with zero attached hydrogens (tertiary/aromatic N) is 7. The lowest BCUT2D eigenvalue weighted by atomic mass is 9.92. The number of hydrogen-bond donors (Lipinski definition) is 2. The number of carbonyl (C=O) groups excluding carboxylic acids is 1. The third-order valence-electron chi connectivity index (χ3n) is 10.7. The van der Waals surface area contributed by atoms with Gasteiger partial charge < -0.3 is 25.3 Å². The number of alkyl halides is 3. The summed E-state index contributed by atoms with van der Waals surface area (Å²) in [6, 6.07) is 1.80. The van der Waals surface area contributed by atoms with Gasteiger partial charge in [-0.1, -0.05) is 0 Å². The number of aryl methyl sites for hydroxylation is 1. The molecule has 2 bridgehead atoms. The lowest BCUT2D eigenvalue weighted by Crippen LogP contribution is -2.51. The van der Waals surface area contributed by atoms with E-state index in [1.54, 1.807) is 4.57 Å². The number of hydrogen-bond acceptors (Lipinski definition) is 10. The molecular weight excluding hydrogens is 587 g/mol. The number of fused-ring (bicyclic) bond motifs is 4. The fraction of sp³-hybridized carbons (Fsp3) is 0.645. The molecular formula is C31H38F3N9O2. The van der Waals surface area contributed by atoms with Crippen LogP contribution in [-0.2, 0) is 6.18 Å². The van der Waals surface area contributed by atoms with E-state index in [0.29, 0.717) is 43.1 Å². The Labute approximate surface area is 258 Å². The first kappa shape index (κ1) is 28.9. The van der Waals surface area contributed by atoms with Crippen LogP contribution >= 0.6 is 0 Å². The molecule has 14 heteroatoms. The highest BCUT2D eigenvalue weighted by atomic mass is 19.4. The topological polar surface area (TPSA) is 127 Å². The maximum absolute atomic E-state index is 14.3. The Morgan fingerprint density at radius 1 is 1.04 bits per heavy atom. The molecule has 4 saturated heterocycles. The zero-order valence-electron chi connectivity index (χ0n) is 25.4. The molecule has 5 aliphatic rings. The van der Waals surface area contributed by atoms with Crippen molar-refractivity contribution in [3.8, 4) is 6.01 Å². The lowest BCUT2D eigenvalue weighted by molar-refractivity contribution is -0.138. The number of pyridine rings is 1. The number of imidazole rings is 1. The number of nitrogens with two attached hydrogens (primary N) is 1. The van der Waals surface area contributed by atoms with Gasteiger partial charge in [-0.05, 0) is 89.4 Å². The van der Waals surface area contributed by atoms with Crippen molar-refractivity contribution in [1.29, 1.82) is 0 Å². The van der Waals surface area contributed by atoms with Gasteiger partial charge in [0.15, 0.2) is 17.3 Å². The Morgan fingerprint density at radius 2 is 1.76 bits per heavy atom. The number of ether oxygens (including phenoxy) is 1. The van der Waals surface area contributed by atoms with Crippen molar-refractivity contribution in [1.82, 2.24) is 34.7 Å². The van der Waals surface area contributed by atoms with Crippen molar-refractivity contribution in [3.63, 3.8) is 0 Å². The number of halogens is 3. The second kappa shape index (κ2) is 10.5. The van der Waals surface area contributed by atoms with Crippen molar-refractivity contribution in [3.05, 3.63) is 28.7 Å². The lowest BCUT2D eigenvalue weighted by Gasteiger charge is -2.35. The molecule has 0 radical (unpaired) electrons. The van der Waals surface area contributed by atoms with Gasteiger partial charge in [0, 0.05) is 31.2 Å². The van der Waals surface area contributed by atoms with Crippen LogP contribution in [0, 0.1) is 6.92 Å². The van der Waals surface area contributed by atoms with Gasteiger partial charge in [0.1, 0.15) is 23.6 Å². The summed E-state index contributed by atoms with van der Waals surface area (Å²) >= 11 is 0. The van der Waals surface area contributed by atoms with Crippen LogP contribution in [0.3, 0.4) is 0 Å². The third kappa shape index (κ3) is 4.82. The minimum Gasteiger partial charge on any atom is -0.461 e. The van der Waals surface area contributed by atoms with Crippen molar-refractivity contribution >= 4 is 28.6 Å². The average molecular weight is 626 g/mol. The summed E-state index contributed by atoms with van der Waals surface area (Å²) in [5.41, 5.74) is 4.66. The van der Waals surface area contributed by atoms with Crippen molar-refractivity contribution in [2.75, 3.05) is 43.4 Å². The van der Waals surface area contributed by atoms with E-state index in [2.05, 4.69) is 25.1 Å². The van der Waals surface area contributed by atoms with Gasteiger partial charge in [-0.15, -0.1) is 0 Å². The number of ketones is 1. The van der Waals surface area contributed by atoms with Crippen LogP contribution in [0.2, 0.25) is 0 Å². The summed E-state index contributed by atoms with van der Waals surface area (Å²) in [5, 5.41) is 3.65. The van der Waals surface area contributed by atoms with Crippen LogP contribution in [0.25, 0.3) is 11.2 Å². The van der Waals surface area contributed by atoms with Gasteiger partial charge in [0.05, 0.1) is 11.1 Å². The predicted octanol–water partition coefficient (Wildman–Crippen LogP) is 4.03. The van der Waals surface area contributed by atoms with E-state index in [9.17, 15) is 18.0 Å². The fourth-order valence-electron chi connectivity index (χ4n) is 8.37. The molecule has 240 valence electrons. The Bertz CT molecular complexity index is 1650. The maximum Gasteiger partial charge on any atom is 0.418 e. The average Bonchev–Trinajstić information content (AvgIpc) is 3.71. The molecule has 3 aromatic rings. The molecule has 2 atom stereocenters. The molecule has 7 heterocycles. The molecule has 0 amide bonds. The smallest absolute Gasteiger partial charge is 0.418 e. The molecule has 2 unspecified atom stereocenters. The van der Waals surface area contributed by atoms with Crippen LogP contribution in [-0.4, -0.2) is 85.6 Å². The summed E-state index contributed by atoms with van der Waals surface area (Å²) in [4.78, 5) is 37.2. The second-order valence-corrected chi connectivity index (χ2v) is 13.6. The molecule has 3 N–H and O–H groups in total. The minimum atomic E-state index is -4.80.